The summed E-state index contributed by atoms with van der Waals surface area (Å²) in [6.07, 6.45) is 1.59. The van der Waals surface area contributed by atoms with Crippen LogP contribution in [-0.4, -0.2) is 17.8 Å². The van der Waals surface area contributed by atoms with E-state index in [0.29, 0.717) is 18.4 Å². The maximum absolute atomic E-state index is 13.8. The minimum absolute atomic E-state index is 0.164. The Balaban J connectivity index is 2.09. The van der Waals surface area contributed by atoms with Gasteiger partial charge in [-0.3, -0.25) is 14.9 Å². The number of amides is 4. The summed E-state index contributed by atoms with van der Waals surface area (Å²) in [5, 5.41) is 2.21. The van der Waals surface area contributed by atoms with Crippen LogP contribution in [0.25, 0.3) is 0 Å². The standard InChI is InChI=1S/C14H12BrFN2O3/c1-7-5-8(15)9(16)6-10(7)18-12(20)14(3-2-4-14)11(19)17-13(18)21/h5-6H,2-4H2,1H3,(H,17,19,21). The van der Waals surface area contributed by atoms with Gasteiger partial charge in [0.1, 0.15) is 11.2 Å². The van der Waals surface area contributed by atoms with Crippen LogP contribution in [0, 0.1) is 18.2 Å². The van der Waals surface area contributed by atoms with Crippen LogP contribution in [-0.2, 0) is 9.59 Å². The first-order valence-electron chi connectivity index (χ1n) is 6.52. The first-order chi connectivity index (χ1) is 9.86. The molecule has 1 aromatic rings. The van der Waals surface area contributed by atoms with E-state index in [4.69, 9.17) is 0 Å². The fraction of sp³-hybridized carbons (Fsp3) is 0.357. The number of halogens is 2. The van der Waals surface area contributed by atoms with E-state index in [0.717, 1.165) is 17.4 Å². The van der Waals surface area contributed by atoms with E-state index in [2.05, 4.69) is 21.2 Å². The lowest BCUT2D eigenvalue weighted by atomic mass is 9.66. The van der Waals surface area contributed by atoms with Crippen LogP contribution in [0.5, 0.6) is 0 Å². The van der Waals surface area contributed by atoms with Crippen LogP contribution in [0.15, 0.2) is 16.6 Å². The maximum Gasteiger partial charge on any atom is 0.335 e. The largest absolute Gasteiger partial charge is 0.335 e. The Labute approximate surface area is 128 Å². The van der Waals surface area contributed by atoms with Gasteiger partial charge in [0.2, 0.25) is 5.91 Å². The number of barbiturate groups is 1. The number of carbonyl (C=O) groups is 3. The van der Waals surface area contributed by atoms with Crippen molar-refractivity contribution in [3.63, 3.8) is 0 Å². The zero-order valence-corrected chi connectivity index (χ0v) is 12.8. The second kappa shape index (κ2) is 4.62. The van der Waals surface area contributed by atoms with Crippen molar-refractivity contribution in [1.82, 2.24) is 5.32 Å². The summed E-state index contributed by atoms with van der Waals surface area (Å²) < 4.78 is 14.0. The van der Waals surface area contributed by atoms with Crippen molar-refractivity contribution in [2.45, 2.75) is 26.2 Å². The second-order valence-corrected chi connectivity index (χ2v) is 6.24. The lowest BCUT2D eigenvalue weighted by Crippen LogP contribution is -2.66. The van der Waals surface area contributed by atoms with Gasteiger partial charge in [0.05, 0.1) is 10.2 Å². The molecule has 1 N–H and O–H groups in total. The molecule has 0 aromatic heterocycles. The third-order valence-corrected chi connectivity index (χ3v) is 4.77. The average molecular weight is 355 g/mol. The predicted molar refractivity (Wildman–Crippen MR) is 76.1 cm³/mol. The van der Waals surface area contributed by atoms with E-state index < -0.39 is 29.1 Å². The number of carbonyl (C=O) groups excluding carboxylic acids is 3. The fourth-order valence-corrected chi connectivity index (χ4v) is 3.20. The minimum Gasteiger partial charge on any atom is -0.276 e. The molecule has 7 heteroatoms. The molecule has 0 bridgehead atoms. The number of rotatable bonds is 1. The molecule has 4 amide bonds. The predicted octanol–water partition coefficient (Wildman–Crippen LogP) is 2.65. The Bertz CT molecular complexity index is 685. The van der Waals surface area contributed by atoms with Crippen molar-refractivity contribution in [1.29, 1.82) is 0 Å². The van der Waals surface area contributed by atoms with Crippen LogP contribution in [0.2, 0.25) is 0 Å². The summed E-state index contributed by atoms with van der Waals surface area (Å²) in [7, 11) is 0. The van der Waals surface area contributed by atoms with E-state index in [1.807, 2.05) is 0 Å². The molecule has 2 aliphatic rings. The summed E-state index contributed by atoms with van der Waals surface area (Å²) in [4.78, 5) is 37.5. The molecular weight excluding hydrogens is 343 g/mol. The molecule has 21 heavy (non-hydrogen) atoms. The maximum atomic E-state index is 13.8. The number of aryl methyl sites for hydroxylation is 1. The minimum atomic E-state index is -1.16. The highest BCUT2D eigenvalue weighted by molar-refractivity contribution is 9.10. The van der Waals surface area contributed by atoms with Gasteiger partial charge in [0, 0.05) is 0 Å². The molecule has 1 heterocycles. The summed E-state index contributed by atoms with van der Waals surface area (Å²) in [6, 6.07) is 1.79. The van der Waals surface area contributed by atoms with E-state index >= 15 is 0 Å². The van der Waals surface area contributed by atoms with Gasteiger partial charge < -0.3 is 0 Å². The van der Waals surface area contributed by atoms with Crippen LogP contribution in [0.1, 0.15) is 24.8 Å². The van der Waals surface area contributed by atoms with Crippen LogP contribution >= 0.6 is 15.9 Å². The van der Waals surface area contributed by atoms with Crippen LogP contribution < -0.4 is 10.2 Å². The zero-order chi connectivity index (χ0) is 15.4. The summed E-state index contributed by atoms with van der Waals surface area (Å²) in [5.41, 5.74) is -0.434. The fourth-order valence-electron chi connectivity index (χ4n) is 2.74. The first-order valence-corrected chi connectivity index (χ1v) is 7.32. The van der Waals surface area contributed by atoms with Crippen molar-refractivity contribution in [3.05, 3.63) is 28.0 Å². The zero-order valence-electron chi connectivity index (χ0n) is 11.2. The monoisotopic (exact) mass is 354 g/mol. The first kappa shape index (κ1) is 14.2. The number of hydrogen-bond donors (Lipinski definition) is 1. The SMILES string of the molecule is Cc1cc(Br)c(F)cc1N1C(=O)NC(=O)C2(CCC2)C1=O. The van der Waals surface area contributed by atoms with E-state index in [1.165, 1.54) is 6.07 Å². The number of anilines is 1. The normalized spacial score (nSPS) is 20.5. The molecule has 1 saturated carbocycles. The van der Waals surface area contributed by atoms with Crippen molar-refractivity contribution >= 4 is 39.5 Å². The molecule has 1 spiro atoms. The van der Waals surface area contributed by atoms with E-state index in [9.17, 15) is 18.8 Å². The molecule has 1 aliphatic carbocycles. The molecule has 0 atom stereocenters. The third-order valence-electron chi connectivity index (χ3n) is 4.16. The molecule has 1 aromatic carbocycles. The number of nitrogens with one attached hydrogen (secondary N) is 1. The van der Waals surface area contributed by atoms with E-state index in [-0.39, 0.29) is 10.2 Å². The molecule has 0 radical (unpaired) electrons. The molecule has 5 nitrogen and oxygen atoms in total. The number of benzene rings is 1. The quantitative estimate of drug-likeness (QED) is 0.788. The molecule has 3 rings (SSSR count). The molecule has 110 valence electrons. The third kappa shape index (κ3) is 1.91. The van der Waals surface area contributed by atoms with Crippen molar-refractivity contribution in [2.75, 3.05) is 4.90 Å². The Hall–Kier alpha value is -1.76. The summed E-state index contributed by atoms with van der Waals surface area (Å²) in [6.45, 7) is 1.67. The van der Waals surface area contributed by atoms with Crippen LogP contribution in [0.4, 0.5) is 14.9 Å². The van der Waals surface area contributed by atoms with Gasteiger partial charge in [-0.1, -0.05) is 6.42 Å². The van der Waals surface area contributed by atoms with Gasteiger partial charge in [-0.25, -0.2) is 14.1 Å². The van der Waals surface area contributed by atoms with Gasteiger partial charge >= 0.3 is 6.03 Å². The van der Waals surface area contributed by atoms with E-state index in [1.54, 1.807) is 6.92 Å². The Morgan fingerprint density at radius 1 is 1.29 bits per heavy atom. The molecule has 0 unspecified atom stereocenters. The van der Waals surface area contributed by atoms with Crippen molar-refractivity contribution in [3.8, 4) is 0 Å². The number of nitrogens with zero attached hydrogens (tertiary/aromatic N) is 1. The lowest BCUT2D eigenvalue weighted by molar-refractivity contribution is -0.148. The molecule has 1 aliphatic heterocycles. The van der Waals surface area contributed by atoms with Gasteiger partial charge in [-0.15, -0.1) is 0 Å². The molecule has 2 fully saturated rings. The topological polar surface area (TPSA) is 66.5 Å². The molecular formula is C14H12BrFN2O3. The summed E-state index contributed by atoms with van der Waals surface area (Å²) >= 11 is 3.06. The lowest BCUT2D eigenvalue weighted by Gasteiger charge is -2.44. The van der Waals surface area contributed by atoms with Crippen molar-refractivity contribution in [2.24, 2.45) is 5.41 Å². The van der Waals surface area contributed by atoms with Gasteiger partial charge in [-0.2, -0.15) is 0 Å². The van der Waals surface area contributed by atoms with Gasteiger partial charge in [-0.05, 0) is 53.4 Å². The highest BCUT2D eigenvalue weighted by Gasteiger charge is 2.57. The van der Waals surface area contributed by atoms with Crippen LogP contribution in [0.3, 0.4) is 0 Å². The second-order valence-electron chi connectivity index (χ2n) is 5.39. The highest BCUT2D eigenvalue weighted by atomic mass is 79.9. The number of imide groups is 2. The Kier molecular flexibility index (Phi) is 3.12. The van der Waals surface area contributed by atoms with Crippen molar-refractivity contribution < 1.29 is 18.8 Å². The number of urea groups is 1. The summed E-state index contributed by atoms with van der Waals surface area (Å²) in [5.74, 6) is -1.68. The smallest absolute Gasteiger partial charge is 0.276 e. The van der Waals surface area contributed by atoms with Gasteiger partial charge in [0.15, 0.2) is 0 Å². The number of hydrogen-bond acceptors (Lipinski definition) is 3. The average Bonchev–Trinajstić information content (AvgIpc) is 2.33. The Morgan fingerprint density at radius 2 is 1.95 bits per heavy atom. The highest BCUT2D eigenvalue weighted by Crippen LogP contribution is 2.45. The van der Waals surface area contributed by atoms with Gasteiger partial charge in [0.25, 0.3) is 5.91 Å². The Morgan fingerprint density at radius 3 is 2.52 bits per heavy atom. The molecule has 1 saturated heterocycles.